The highest BCUT2D eigenvalue weighted by molar-refractivity contribution is 6.04. The lowest BCUT2D eigenvalue weighted by atomic mass is 10.2. The SMILES string of the molecule is CCCNc1ncc(C(=O)Nc2c(F)cccc2F)cn1. The zero-order chi connectivity index (χ0) is 15.2. The number of para-hydroxylation sites is 1. The quantitative estimate of drug-likeness (QED) is 0.889. The van der Waals surface area contributed by atoms with Gasteiger partial charge >= 0.3 is 0 Å². The molecule has 0 aliphatic rings. The van der Waals surface area contributed by atoms with E-state index in [2.05, 4.69) is 20.6 Å². The summed E-state index contributed by atoms with van der Waals surface area (Å²) >= 11 is 0. The Balaban J connectivity index is 2.10. The molecule has 2 N–H and O–H groups in total. The number of rotatable bonds is 5. The molecule has 0 saturated heterocycles. The molecule has 1 heterocycles. The van der Waals surface area contributed by atoms with Crippen molar-refractivity contribution in [3.8, 4) is 0 Å². The number of benzene rings is 1. The number of anilines is 2. The topological polar surface area (TPSA) is 66.9 Å². The summed E-state index contributed by atoms with van der Waals surface area (Å²) < 4.78 is 26.9. The third-order valence-electron chi connectivity index (χ3n) is 2.65. The lowest BCUT2D eigenvalue weighted by Gasteiger charge is -2.07. The van der Waals surface area contributed by atoms with Gasteiger partial charge in [-0.15, -0.1) is 0 Å². The van der Waals surface area contributed by atoms with Crippen molar-refractivity contribution in [3.63, 3.8) is 0 Å². The Morgan fingerprint density at radius 2 is 1.81 bits per heavy atom. The summed E-state index contributed by atoms with van der Waals surface area (Å²) in [5.74, 6) is -1.97. The fraction of sp³-hybridized carbons (Fsp3) is 0.214. The fourth-order valence-corrected chi connectivity index (χ4v) is 1.58. The number of hydrogen-bond acceptors (Lipinski definition) is 4. The number of carbonyl (C=O) groups excluding carboxylic acids is 1. The number of amides is 1. The first-order valence-electron chi connectivity index (χ1n) is 6.43. The van der Waals surface area contributed by atoms with E-state index < -0.39 is 23.2 Å². The van der Waals surface area contributed by atoms with Gasteiger partial charge in [-0.2, -0.15) is 0 Å². The Labute approximate surface area is 120 Å². The van der Waals surface area contributed by atoms with Crippen LogP contribution in [0.1, 0.15) is 23.7 Å². The molecular formula is C14H14F2N4O. The Morgan fingerprint density at radius 3 is 2.38 bits per heavy atom. The van der Waals surface area contributed by atoms with Crippen LogP contribution in [0.15, 0.2) is 30.6 Å². The van der Waals surface area contributed by atoms with Crippen molar-refractivity contribution in [1.29, 1.82) is 0 Å². The van der Waals surface area contributed by atoms with Gasteiger partial charge in [0.25, 0.3) is 5.91 Å². The van der Waals surface area contributed by atoms with Crippen molar-refractivity contribution in [3.05, 3.63) is 47.8 Å². The molecule has 0 unspecified atom stereocenters. The molecule has 0 spiro atoms. The monoisotopic (exact) mass is 292 g/mol. The molecule has 1 aromatic heterocycles. The molecule has 0 atom stereocenters. The van der Waals surface area contributed by atoms with Crippen molar-refractivity contribution >= 4 is 17.5 Å². The molecule has 0 radical (unpaired) electrons. The van der Waals surface area contributed by atoms with Gasteiger partial charge in [-0.3, -0.25) is 4.79 Å². The van der Waals surface area contributed by atoms with E-state index in [1.165, 1.54) is 18.5 Å². The maximum absolute atomic E-state index is 13.4. The highest BCUT2D eigenvalue weighted by atomic mass is 19.1. The van der Waals surface area contributed by atoms with Gasteiger partial charge in [0.1, 0.15) is 17.3 Å². The summed E-state index contributed by atoms with van der Waals surface area (Å²) in [5.41, 5.74) is -0.379. The van der Waals surface area contributed by atoms with Crippen LogP contribution in [0.4, 0.5) is 20.4 Å². The third-order valence-corrected chi connectivity index (χ3v) is 2.65. The smallest absolute Gasteiger partial charge is 0.258 e. The van der Waals surface area contributed by atoms with Crippen molar-refractivity contribution in [2.75, 3.05) is 17.2 Å². The van der Waals surface area contributed by atoms with Crippen LogP contribution in [-0.2, 0) is 0 Å². The minimum atomic E-state index is -0.842. The molecule has 2 aromatic rings. The molecular weight excluding hydrogens is 278 g/mol. The van der Waals surface area contributed by atoms with Gasteiger partial charge in [0.05, 0.1) is 5.56 Å². The summed E-state index contributed by atoms with van der Waals surface area (Å²) in [7, 11) is 0. The van der Waals surface area contributed by atoms with E-state index >= 15 is 0 Å². The zero-order valence-corrected chi connectivity index (χ0v) is 11.4. The van der Waals surface area contributed by atoms with Gasteiger partial charge in [-0.05, 0) is 18.6 Å². The number of aromatic nitrogens is 2. The summed E-state index contributed by atoms with van der Waals surface area (Å²) in [6.45, 7) is 2.71. The van der Waals surface area contributed by atoms with Crippen LogP contribution >= 0.6 is 0 Å². The number of carbonyl (C=O) groups is 1. The minimum absolute atomic E-state index is 0.111. The predicted octanol–water partition coefficient (Wildman–Crippen LogP) is 2.83. The molecule has 0 aliphatic heterocycles. The summed E-state index contributed by atoms with van der Waals surface area (Å²) in [4.78, 5) is 19.8. The van der Waals surface area contributed by atoms with Gasteiger partial charge < -0.3 is 10.6 Å². The first kappa shape index (κ1) is 14.8. The van der Waals surface area contributed by atoms with Crippen LogP contribution in [0, 0.1) is 11.6 Å². The molecule has 0 bridgehead atoms. The average Bonchev–Trinajstić information content (AvgIpc) is 2.49. The maximum atomic E-state index is 13.4. The molecule has 0 saturated carbocycles. The maximum Gasteiger partial charge on any atom is 0.258 e. The fourth-order valence-electron chi connectivity index (χ4n) is 1.58. The van der Waals surface area contributed by atoms with Crippen molar-refractivity contribution < 1.29 is 13.6 Å². The minimum Gasteiger partial charge on any atom is -0.354 e. The Kier molecular flexibility index (Phi) is 4.76. The van der Waals surface area contributed by atoms with Crippen molar-refractivity contribution in [2.45, 2.75) is 13.3 Å². The van der Waals surface area contributed by atoms with Gasteiger partial charge in [0.2, 0.25) is 5.95 Å². The van der Waals surface area contributed by atoms with E-state index in [9.17, 15) is 13.6 Å². The highest BCUT2D eigenvalue weighted by Gasteiger charge is 2.14. The second-order valence-electron chi connectivity index (χ2n) is 4.27. The molecule has 0 aliphatic carbocycles. The largest absolute Gasteiger partial charge is 0.354 e. The van der Waals surface area contributed by atoms with E-state index in [0.717, 1.165) is 18.6 Å². The molecule has 0 fully saturated rings. The normalized spacial score (nSPS) is 10.2. The molecule has 5 nitrogen and oxygen atoms in total. The van der Waals surface area contributed by atoms with Crippen LogP contribution in [0.2, 0.25) is 0 Å². The first-order chi connectivity index (χ1) is 10.1. The number of halogens is 2. The summed E-state index contributed by atoms with van der Waals surface area (Å²) in [5, 5.41) is 5.12. The van der Waals surface area contributed by atoms with Crippen LogP contribution < -0.4 is 10.6 Å². The van der Waals surface area contributed by atoms with Crippen LogP contribution in [0.3, 0.4) is 0 Å². The second kappa shape index (κ2) is 6.74. The van der Waals surface area contributed by atoms with Crippen molar-refractivity contribution in [1.82, 2.24) is 9.97 Å². The Bertz CT molecular complexity index is 611. The van der Waals surface area contributed by atoms with Gasteiger partial charge in [0.15, 0.2) is 0 Å². The lowest BCUT2D eigenvalue weighted by Crippen LogP contribution is -2.15. The highest BCUT2D eigenvalue weighted by Crippen LogP contribution is 2.18. The molecule has 110 valence electrons. The van der Waals surface area contributed by atoms with E-state index in [0.29, 0.717) is 12.5 Å². The lowest BCUT2D eigenvalue weighted by molar-refractivity contribution is 0.102. The first-order valence-corrected chi connectivity index (χ1v) is 6.43. The standard InChI is InChI=1S/C14H14F2N4O/c1-2-6-17-14-18-7-9(8-19-14)13(21)20-12-10(15)4-3-5-11(12)16/h3-5,7-8H,2,6H2,1H3,(H,20,21)(H,17,18,19). The molecule has 21 heavy (non-hydrogen) atoms. The summed E-state index contributed by atoms with van der Waals surface area (Å²) in [6, 6.07) is 3.34. The number of nitrogens with one attached hydrogen (secondary N) is 2. The molecule has 1 amide bonds. The molecule has 1 aromatic carbocycles. The van der Waals surface area contributed by atoms with Crippen LogP contribution in [-0.4, -0.2) is 22.4 Å². The van der Waals surface area contributed by atoms with E-state index in [1.54, 1.807) is 0 Å². The number of nitrogens with zero attached hydrogens (tertiary/aromatic N) is 2. The molecule has 7 heteroatoms. The molecule has 2 rings (SSSR count). The van der Waals surface area contributed by atoms with E-state index in [-0.39, 0.29) is 5.56 Å². The van der Waals surface area contributed by atoms with Crippen molar-refractivity contribution in [2.24, 2.45) is 0 Å². The second-order valence-corrected chi connectivity index (χ2v) is 4.27. The Hall–Kier alpha value is -2.57. The third kappa shape index (κ3) is 3.71. The van der Waals surface area contributed by atoms with Gasteiger partial charge in [-0.1, -0.05) is 13.0 Å². The van der Waals surface area contributed by atoms with E-state index in [4.69, 9.17) is 0 Å². The predicted molar refractivity (Wildman–Crippen MR) is 75.1 cm³/mol. The average molecular weight is 292 g/mol. The Morgan fingerprint density at radius 1 is 1.19 bits per heavy atom. The van der Waals surface area contributed by atoms with Gasteiger partial charge in [0, 0.05) is 18.9 Å². The number of hydrogen-bond donors (Lipinski definition) is 2. The zero-order valence-electron chi connectivity index (χ0n) is 11.4. The van der Waals surface area contributed by atoms with Crippen LogP contribution in [0.25, 0.3) is 0 Å². The van der Waals surface area contributed by atoms with Gasteiger partial charge in [-0.25, -0.2) is 18.7 Å². The summed E-state index contributed by atoms with van der Waals surface area (Å²) in [6.07, 6.45) is 3.50. The van der Waals surface area contributed by atoms with Crippen LogP contribution in [0.5, 0.6) is 0 Å². The van der Waals surface area contributed by atoms with E-state index in [1.807, 2.05) is 6.92 Å².